The molecule has 0 aromatic heterocycles. The fraction of sp³-hybridized carbons (Fsp3) is 0.500. The molecular formula is C4H10N2. The molecule has 0 heterocycles. The maximum atomic E-state index is 3.50. The van der Waals surface area contributed by atoms with Crippen molar-refractivity contribution in [3.63, 3.8) is 0 Å². The molecule has 0 radical (unpaired) electrons. The Morgan fingerprint density at radius 1 is 1.83 bits per heavy atom. The van der Waals surface area contributed by atoms with Crippen LogP contribution in [0.5, 0.6) is 0 Å². The highest BCUT2D eigenvalue weighted by atomic mass is 15.3. The third-order valence-corrected chi connectivity index (χ3v) is 0.423. The lowest BCUT2D eigenvalue weighted by Crippen LogP contribution is -2.26. The first-order chi connectivity index (χ1) is 2.91. The molecule has 0 aliphatic heterocycles. The smallest absolute Gasteiger partial charge is 0.0278 e. The number of hydrogen-bond donors (Lipinski definition) is 2. The van der Waals surface area contributed by atoms with E-state index in [0.29, 0.717) is 0 Å². The van der Waals surface area contributed by atoms with Gasteiger partial charge in [-0.3, -0.25) is 10.9 Å². The highest BCUT2D eigenvalue weighted by Gasteiger charge is 1.64. The highest BCUT2D eigenvalue weighted by molar-refractivity contribution is 4.66. The largest absolute Gasteiger partial charge is 0.261 e. The Kier molecular flexibility index (Phi) is 4.40. The first-order valence-corrected chi connectivity index (χ1v) is 1.92. The molecule has 0 aromatic rings. The number of nitrogens with one attached hydrogen (secondary N) is 2. The van der Waals surface area contributed by atoms with Gasteiger partial charge in [-0.1, -0.05) is 6.08 Å². The van der Waals surface area contributed by atoms with E-state index in [1.165, 1.54) is 0 Å². The third-order valence-electron chi connectivity index (χ3n) is 0.423. The maximum absolute atomic E-state index is 3.50. The number of hydrogen-bond acceptors (Lipinski definition) is 2. The van der Waals surface area contributed by atoms with Crippen LogP contribution >= 0.6 is 0 Å². The van der Waals surface area contributed by atoms with Crippen LogP contribution in [0.3, 0.4) is 0 Å². The molecule has 0 aliphatic rings. The van der Waals surface area contributed by atoms with Crippen molar-refractivity contribution < 1.29 is 0 Å². The lowest BCUT2D eigenvalue weighted by atomic mass is 10.7. The van der Waals surface area contributed by atoms with Crippen LogP contribution in [0.4, 0.5) is 0 Å². The lowest BCUT2D eigenvalue weighted by molar-refractivity contribution is 0.647. The van der Waals surface area contributed by atoms with Crippen LogP contribution in [0.2, 0.25) is 0 Å². The lowest BCUT2D eigenvalue weighted by Gasteiger charge is -1.91. The van der Waals surface area contributed by atoms with Crippen LogP contribution in [0.15, 0.2) is 12.7 Å². The molecule has 0 saturated heterocycles. The van der Waals surface area contributed by atoms with Crippen molar-refractivity contribution in [2.75, 3.05) is 13.6 Å². The minimum atomic E-state index is 0.816. The minimum Gasteiger partial charge on any atom is -0.261 e. The van der Waals surface area contributed by atoms with E-state index in [9.17, 15) is 0 Å². The molecule has 0 aliphatic carbocycles. The predicted octanol–water partition coefficient (Wildman–Crippen LogP) is -0.104. The van der Waals surface area contributed by atoms with E-state index >= 15 is 0 Å². The molecule has 0 amide bonds. The van der Waals surface area contributed by atoms with Crippen molar-refractivity contribution in [2.45, 2.75) is 0 Å². The molecule has 0 atom stereocenters. The number of hydrazine groups is 1. The molecule has 2 N–H and O–H groups in total. The second-order valence-corrected chi connectivity index (χ2v) is 0.920. The van der Waals surface area contributed by atoms with Crippen molar-refractivity contribution in [3.05, 3.63) is 12.7 Å². The van der Waals surface area contributed by atoms with E-state index in [4.69, 9.17) is 0 Å². The van der Waals surface area contributed by atoms with Gasteiger partial charge >= 0.3 is 0 Å². The van der Waals surface area contributed by atoms with E-state index in [0.717, 1.165) is 6.54 Å². The molecule has 2 nitrogen and oxygen atoms in total. The Bertz CT molecular complexity index is 34.5. The highest BCUT2D eigenvalue weighted by Crippen LogP contribution is 1.49. The van der Waals surface area contributed by atoms with E-state index in [-0.39, 0.29) is 0 Å². The first-order valence-electron chi connectivity index (χ1n) is 1.92. The molecule has 0 rings (SSSR count). The maximum Gasteiger partial charge on any atom is 0.0278 e. The standard InChI is InChI=1S/C4H10N2/c1-3-4-6-5-2/h3,5-6H,1,4H2,2H3. The van der Waals surface area contributed by atoms with Crippen molar-refractivity contribution in [2.24, 2.45) is 0 Å². The summed E-state index contributed by atoms with van der Waals surface area (Å²) >= 11 is 0. The van der Waals surface area contributed by atoms with Crippen LogP contribution in [0.25, 0.3) is 0 Å². The normalized spacial score (nSPS) is 8.17. The molecule has 36 valence electrons. The Balaban J connectivity index is 2.49. The molecule has 0 saturated carbocycles. The summed E-state index contributed by atoms with van der Waals surface area (Å²) in [5.41, 5.74) is 5.58. The quantitative estimate of drug-likeness (QED) is 0.284. The fourth-order valence-electron chi connectivity index (χ4n) is 0.174. The first kappa shape index (κ1) is 5.66. The van der Waals surface area contributed by atoms with Gasteiger partial charge < -0.3 is 0 Å². The molecule has 2 heteroatoms. The monoisotopic (exact) mass is 86.1 g/mol. The summed E-state index contributed by atoms with van der Waals surface area (Å²) in [5.74, 6) is 0. The van der Waals surface area contributed by atoms with Crippen LogP contribution in [-0.4, -0.2) is 13.6 Å². The van der Waals surface area contributed by atoms with Crippen LogP contribution in [0.1, 0.15) is 0 Å². The van der Waals surface area contributed by atoms with E-state index in [1.807, 2.05) is 7.05 Å². The molecular weight excluding hydrogens is 76.1 g/mol. The van der Waals surface area contributed by atoms with Gasteiger partial charge in [0.1, 0.15) is 0 Å². The van der Waals surface area contributed by atoms with E-state index in [2.05, 4.69) is 17.4 Å². The molecule has 0 unspecified atom stereocenters. The molecule has 0 fully saturated rings. The second kappa shape index (κ2) is 4.66. The number of rotatable bonds is 3. The zero-order valence-corrected chi connectivity index (χ0v) is 3.99. The minimum absolute atomic E-state index is 0.816. The van der Waals surface area contributed by atoms with Gasteiger partial charge in [-0.15, -0.1) is 6.58 Å². The Morgan fingerprint density at radius 2 is 2.50 bits per heavy atom. The van der Waals surface area contributed by atoms with Crippen LogP contribution < -0.4 is 10.9 Å². The van der Waals surface area contributed by atoms with Gasteiger partial charge in [0.15, 0.2) is 0 Å². The summed E-state index contributed by atoms with van der Waals surface area (Å²) in [7, 11) is 1.82. The Morgan fingerprint density at radius 3 is 2.67 bits per heavy atom. The van der Waals surface area contributed by atoms with E-state index in [1.54, 1.807) is 6.08 Å². The van der Waals surface area contributed by atoms with Gasteiger partial charge in [0, 0.05) is 6.54 Å². The Hall–Kier alpha value is -0.340. The summed E-state index contributed by atoms with van der Waals surface area (Å²) in [6, 6.07) is 0. The Labute approximate surface area is 38.2 Å². The van der Waals surface area contributed by atoms with Gasteiger partial charge in [-0.25, -0.2) is 0 Å². The topological polar surface area (TPSA) is 24.1 Å². The van der Waals surface area contributed by atoms with Crippen molar-refractivity contribution in [3.8, 4) is 0 Å². The van der Waals surface area contributed by atoms with Crippen molar-refractivity contribution >= 4 is 0 Å². The van der Waals surface area contributed by atoms with Gasteiger partial charge in [0.25, 0.3) is 0 Å². The zero-order valence-electron chi connectivity index (χ0n) is 3.99. The van der Waals surface area contributed by atoms with Crippen molar-refractivity contribution in [1.82, 2.24) is 10.9 Å². The second-order valence-electron chi connectivity index (χ2n) is 0.920. The third kappa shape index (κ3) is 3.66. The molecule has 0 aromatic carbocycles. The SMILES string of the molecule is C=CCNNC. The van der Waals surface area contributed by atoms with Crippen LogP contribution in [-0.2, 0) is 0 Å². The van der Waals surface area contributed by atoms with Gasteiger partial charge in [-0.2, -0.15) is 0 Å². The van der Waals surface area contributed by atoms with Gasteiger partial charge in [-0.05, 0) is 7.05 Å². The van der Waals surface area contributed by atoms with Crippen LogP contribution in [0, 0.1) is 0 Å². The summed E-state index contributed by atoms with van der Waals surface area (Å²) in [6.07, 6.45) is 1.79. The zero-order chi connectivity index (χ0) is 4.83. The van der Waals surface area contributed by atoms with E-state index < -0.39 is 0 Å². The van der Waals surface area contributed by atoms with Gasteiger partial charge in [0.2, 0.25) is 0 Å². The van der Waals surface area contributed by atoms with Gasteiger partial charge in [0.05, 0.1) is 0 Å². The molecule has 0 bridgehead atoms. The summed E-state index contributed by atoms with van der Waals surface area (Å²) < 4.78 is 0. The summed E-state index contributed by atoms with van der Waals surface area (Å²) in [6.45, 7) is 4.31. The summed E-state index contributed by atoms with van der Waals surface area (Å²) in [4.78, 5) is 0. The molecule has 6 heavy (non-hydrogen) atoms. The summed E-state index contributed by atoms with van der Waals surface area (Å²) in [5, 5.41) is 0. The molecule has 0 spiro atoms. The predicted molar refractivity (Wildman–Crippen MR) is 27.3 cm³/mol. The average Bonchev–Trinajstić information content (AvgIpc) is 1.61. The fourth-order valence-corrected chi connectivity index (χ4v) is 0.174. The van der Waals surface area contributed by atoms with Crippen molar-refractivity contribution in [1.29, 1.82) is 0 Å². The average molecular weight is 86.1 g/mol.